The number of carbonyl (C=O) groups excluding carboxylic acids is 1. The summed E-state index contributed by atoms with van der Waals surface area (Å²) in [4.78, 5) is 15.7. The van der Waals surface area contributed by atoms with E-state index in [1.54, 1.807) is 0 Å². The molecule has 1 aliphatic rings. The van der Waals surface area contributed by atoms with Crippen LogP contribution in [0.4, 0.5) is 0 Å². The van der Waals surface area contributed by atoms with Crippen molar-refractivity contribution in [2.75, 3.05) is 13.6 Å². The van der Waals surface area contributed by atoms with Gasteiger partial charge in [-0.1, -0.05) is 11.8 Å². The topological polar surface area (TPSA) is 46.3 Å². The van der Waals surface area contributed by atoms with Gasteiger partial charge < -0.3 is 10.6 Å². The summed E-state index contributed by atoms with van der Waals surface area (Å²) in [6.07, 6.45) is 3.50. The first-order chi connectivity index (χ1) is 8.22. The second kappa shape index (κ2) is 5.35. The van der Waals surface area contributed by atoms with Gasteiger partial charge in [-0.25, -0.2) is 0 Å². The summed E-state index contributed by atoms with van der Waals surface area (Å²) < 4.78 is 0. The van der Waals surface area contributed by atoms with Gasteiger partial charge in [-0.05, 0) is 31.4 Å². The second-order valence-electron chi connectivity index (χ2n) is 4.17. The summed E-state index contributed by atoms with van der Waals surface area (Å²) in [7, 11) is 1.89. The molecule has 2 N–H and O–H groups in total. The van der Waals surface area contributed by atoms with Crippen molar-refractivity contribution in [3.63, 3.8) is 0 Å². The molecule has 3 nitrogen and oxygen atoms in total. The van der Waals surface area contributed by atoms with E-state index in [0.717, 1.165) is 22.6 Å². The molecule has 90 valence electrons. The fraction of sp³-hybridized carbons (Fsp3) is 0.462. The highest BCUT2D eigenvalue weighted by Gasteiger charge is 2.26. The molecule has 0 atom stereocenters. The maximum Gasteiger partial charge on any atom is 0.263 e. The van der Waals surface area contributed by atoms with Crippen molar-refractivity contribution < 1.29 is 4.79 Å². The standard InChI is InChI=1S/C13H16N2OS/c1-15(10-4-2-5-10)13(16)12-8-7-11(17-12)6-3-9-14/h7-8,10H,2,4-5,9,14H2,1H3. The van der Waals surface area contributed by atoms with Gasteiger partial charge in [-0.2, -0.15) is 0 Å². The highest BCUT2D eigenvalue weighted by molar-refractivity contribution is 7.14. The quantitative estimate of drug-likeness (QED) is 0.809. The molecule has 0 saturated heterocycles. The predicted molar refractivity (Wildman–Crippen MR) is 70.0 cm³/mol. The molecule has 1 fully saturated rings. The molecule has 0 aromatic carbocycles. The first-order valence-corrected chi connectivity index (χ1v) is 6.60. The van der Waals surface area contributed by atoms with E-state index >= 15 is 0 Å². The molecular formula is C13H16N2OS. The zero-order valence-electron chi connectivity index (χ0n) is 9.90. The first kappa shape index (κ1) is 12.2. The van der Waals surface area contributed by atoms with Crippen LogP contribution in [0.2, 0.25) is 0 Å². The van der Waals surface area contributed by atoms with Gasteiger partial charge in [-0.15, -0.1) is 11.3 Å². The van der Waals surface area contributed by atoms with Crippen molar-refractivity contribution in [3.05, 3.63) is 21.9 Å². The molecule has 1 heterocycles. The highest BCUT2D eigenvalue weighted by atomic mass is 32.1. The second-order valence-corrected chi connectivity index (χ2v) is 5.25. The van der Waals surface area contributed by atoms with E-state index < -0.39 is 0 Å². The van der Waals surface area contributed by atoms with E-state index in [1.165, 1.54) is 17.8 Å². The average molecular weight is 248 g/mol. The van der Waals surface area contributed by atoms with Gasteiger partial charge in [0.1, 0.15) is 0 Å². The van der Waals surface area contributed by atoms with E-state index in [2.05, 4.69) is 11.8 Å². The molecule has 1 saturated carbocycles. The zero-order valence-corrected chi connectivity index (χ0v) is 10.7. The van der Waals surface area contributed by atoms with Gasteiger partial charge in [0.2, 0.25) is 0 Å². The summed E-state index contributed by atoms with van der Waals surface area (Å²) in [5, 5.41) is 0. The third kappa shape index (κ3) is 2.68. The van der Waals surface area contributed by atoms with Crippen LogP contribution in [-0.4, -0.2) is 30.4 Å². The van der Waals surface area contributed by atoms with Crippen LogP contribution in [0.1, 0.15) is 33.8 Å². The number of nitrogens with two attached hydrogens (primary N) is 1. The van der Waals surface area contributed by atoms with E-state index in [9.17, 15) is 4.79 Å². The van der Waals surface area contributed by atoms with Crippen LogP contribution >= 0.6 is 11.3 Å². The van der Waals surface area contributed by atoms with Crippen LogP contribution in [0.25, 0.3) is 0 Å². The summed E-state index contributed by atoms with van der Waals surface area (Å²) in [6.45, 7) is 0.350. The minimum Gasteiger partial charge on any atom is -0.338 e. The maximum absolute atomic E-state index is 12.1. The largest absolute Gasteiger partial charge is 0.338 e. The number of hydrogen-bond donors (Lipinski definition) is 1. The van der Waals surface area contributed by atoms with Crippen molar-refractivity contribution in [1.29, 1.82) is 0 Å². The Bertz CT molecular complexity index is 465. The van der Waals surface area contributed by atoms with Crippen molar-refractivity contribution in [1.82, 2.24) is 4.90 Å². The fourth-order valence-corrected chi connectivity index (χ4v) is 2.64. The predicted octanol–water partition coefficient (Wildman–Crippen LogP) is 1.68. The minimum absolute atomic E-state index is 0.112. The lowest BCUT2D eigenvalue weighted by atomic mass is 9.92. The lowest BCUT2D eigenvalue weighted by Gasteiger charge is -2.34. The number of thiophene rings is 1. The number of nitrogens with zero attached hydrogens (tertiary/aromatic N) is 1. The summed E-state index contributed by atoms with van der Waals surface area (Å²) in [6, 6.07) is 4.17. The Morgan fingerprint density at radius 2 is 2.35 bits per heavy atom. The van der Waals surface area contributed by atoms with Crippen LogP contribution < -0.4 is 5.73 Å². The number of hydrogen-bond acceptors (Lipinski definition) is 3. The van der Waals surface area contributed by atoms with Crippen LogP contribution in [0.3, 0.4) is 0 Å². The zero-order chi connectivity index (χ0) is 12.3. The summed E-state index contributed by atoms with van der Waals surface area (Å²) >= 11 is 1.44. The molecule has 4 heteroatoms. The normalized spacial score (nSPS) is 14.7. The van der Waals surface area contributed by atoms with Gasteiger partial charge in [0, 0.05) is 13.1 Å². The molecule has 1 aromatic heterocycles. The number of amides is 1. The van der Waals surface area contributed by atoms with Crippen molar-refractivity contribution in [2.45, 2.75) is 25.3 Å². The Labute approximate surface area is 106 Å². The number of rotatable bonds is 2. The van der Waals surface area contributed by atoms with Crippen molar-refractivity contribution in [2.24, 2.45) is 5.73 Å². The molecule has 1 amide bonds. The monoisotopic (exact) mass is 248 g/mol. The van der Waals surface area contributed by atoms with Gasteiger partial charge in [0.05, 0.1) is 16.3 Å². The third-order valence-corrected chi connectivity index (χ3v) is 4.06. The Balaban J connectivity index is 2.05. The third-order valence-electron chi connectivity index (χ3n) is 3.07. The first-order valence-electron chi connectivity index (χ1n) is 5.78. The SMILES string of the molecule is CN(C(=O)c1ccc(C#CCN)s1)C1CCC1. The number of carbonyl (C=O) groups is 1. The molecule has 0 spiro atoms. The lowest BCUT2D eigenvalue weighted by molar-refractivity contribution is 0.0657. The van der Waals surface area contributed by atoms with Crippen LogP contribution in [0, 0.1) is 11.8 Å². The fourth-order valence-electron chi connectivity index (χ4n) is 1.77. The summed E-state index contributed by atoms with van der Waals surface area (Å²) in [5.41, 5.74) is 5.31. The molecular weight excluding hydrogens is 232 g/mol. The van der Waals surface area contributed by atoms with E-state index in [-0.39, 0.29) is 5.91 Å². The molecule has 0 radical (unpaired) electrons. The smallest absolute Gasteiger partial charge is 0.263 e. The highest BCUT2D eigenvalue weighted by Crippen LogP contribution is 2.26. The van der Waals surface area contributed by atoms with Crippen LogP contribution in [-0.2, 0) is 0 Å². The Hall–Kier alpha value is -1.31. The molecule has 17 heavy (non-hydrogen) atoms. The van der Waals surface area contributed by atoms with Crippen molar-refractivity contribution >= 4 is 17.2 Å². The van der Waals surface area contributed by atoms with Crippen LogP contribution in [0.5, 0.6) is 0 Å². The Morgan fingerprint density at radius 1 is 1.59 bits per heavy atom. The van der Waals surface area contributed by atoms with Crippen molar-refractivity contribution in [3.8, 4) is 11.8 Å². The molecule has 1 aromatic rings. The molecule has 0 aliphatic heterocycles. The molecule has 1 aliphatic carbocycles. The molecule has 0 bridgehead atoms. The summed E-state index contributed by atoms with van der Waals surface area (Å²) in [5.74, 6) is 5.85. The molecule has 0 unspecified atom stereocenters. The Kier molecular flexibility index (Phi) is 3.82. The van der Waals surface area contributed by atoms with Gasteiger partial charge in [0.25, 0.3) is 5.91 Å². The van der Waals surface area contributed by atoms with E-state index in [4.69, 9.17) is 5.73 Å². The molecule has 2 rings (SSSR count). The minimum atomic E-state index is 0.112. The Morgan fingerprint density at radius 3 is 2.94 bits per heavy atom. The lowest BCUT2D eigenvalue weighted by Crippen LogP contribution is -2.40. The van der Waals surface area contributed by atoms with E-state index in [1.807, 2.05) is 24.1 Å². The van der Waals surface area contributed by atoms with Crippen LogP contribution in [0.15, 0.2) is 12.1 Å². The van der Waals surface area contributed by atoms with E-state index in [0.29, 0.717) is 12.6 Å². The average Bonchev–Trinajstić information content (AvgIpc) is 2.71. The maximum atomic E-state index is 12.1. The van der Waals surface area contributed by atoms with Gasteiger partial charge >= 0.3 is 0 Å². The van der Waals surface area contributed by atoms with Gasteiger partial charge in [0.15, 0.2) is 0 Å². The van der Waals surface area contributed by atoms with Gasteiger partial charge in [-0.3, -0.25) is 4.79 Å².